The van der Waals surface area contributed by atoms with Crippen molar-refractivity contribution in [2.75, 3.05) is 34.5 Å². The number of rotatable bonds is 16. The standard InChI is InChI=1S/C19H40OS2/c1-5-9-13-21(14-10-6-2)17-19(20)18-22(15-11-7-3)16-12-8-4/h5-18H2,1-4H3/q+2. The van der Waals surface area contributed by atoms with Gasteiger partial charge >= 0.3 is 0 Å². The third kappa shape index (κ3) is 12.9. The van der Waals surface area contributed by atoms with Gasteiger partial charge in [0.25, 0.3) is 0 Å². The first-order chi connectivity index (χ1) is 10.7. The molecule has 0 aromatic rings. The summed E-state index contributed by atoms with van der Waals surface area (Å²) in [6, 6.07) is 0. The smallest absolute Gasteiger partial charge is 0.230 e. The van der Waals surface area contributed by atoms with Gasteiger partial charge in [-0.3, -0.25) is 4.79 Å². The third-order valence-corrected chi connectivity index (χ3v) is 8.80. The molecule has 132 valence electrons. The van der Waals surface area contributed by atoms with Crippen molar-refractivity contribution in [1.29, 1.82) is 0 Å². The monoisotopic (exact) mass is 348 g/mol. The maximum Gasteiger partial charge on any atom is 0.230 e. The van der Waals surface area contributed by atoms with Crippen molar-refractivity contribution in [2.45, 2.75) is 79.1 Å². The van der Waals surface area contributed by atoms with Crippen LogP contribution in [-0.4, -0.2) is 40.3 Å². The highest BCUT2D eigenvalue weighted by Gasteiger charge is 2.27. The lowest BCUT2D eigenvalue weighted by Gasteiger charge is -2.10. The number of unbranched alkanes of at least 4 members (excludes halogenated alkanes) is 4. The first-order valence-electron chi connectivity index (χ1n) is 9.47. The van der Waals surface area contributed by atoms with Crippen LogP contribution in [0.2, 0.25) is 0 Å². The molecule has 0 aromatic carbocycles. The lowest BCUT2D eigenvalue weighted by molar-refractivity contribution is -0.114. The Morgan fingerprint density at radius 2 is 0.864 bits per heavy atom. The van der Waals surface area contributed by atoms with Gasteiger partial charge in [-0.25, -0.2) is 0 Å². The van der Waals surface area contributed by atoms with Gasteiger partial charge in [0.1, 0.15) is 23.0 Å². The second-order valence-corrected chi connectivity index (χ2v) is 10.9. The van der Waals surface area contributed by atoms with Gasteiger partial charge in [-0.2, -0.15) is 0 Å². The molecule has 0 atom stereocenters. The molecule has 1 nitrogen and oxygen atoms in total. The summed E-state index contributed by atoms with van der Waals surface area (Å²) in [6.45, 7) is 9.04. The fourth-order valence-electron chi connectivity index (χ4n) is 2.38. The predicted octanol–water partition coefficient (Wildman–Crippen LogP) is 4.99. The molecule has 0 spiro atoms. The molecule has 0 aromatic heterocycles. The van der Waals surface area contributed by atoms with Crippen molar-refractivity contribution in [1.82, 2.24) is 0 Å². The van der Waals surface area contributed by atoms with E-state index in [-0.39, 0.29) is 0 Å². The van der Waals surface area contributed by atoms with Crippen LogP contribution in [0.3, 0.4) is 0 Å². The van der Waals surface area contributed by atoms with E-state index in [2.05, 4.69) is 27.7 Å². The number of carbonyl (C=O) groups is 1. The lowest BCUT2D eigenvalue weighted by Crippen LogP contribution is -2.30. The Labute approximate surface area is 146 Å². The molecule has 0 aliphatic rings. The summed E-state index contributed by atoms with van der Waals surface area (Å²) in [5.74, 6) is 7.52. The van der Waals surface area contributed by atoms with E-state index in [0.29, 0.717) is 27.6 Å². The largest absolute Gasteiger partial charge is 0.289 e. The quantitative estimate of drug-likeness (QED) is 0.359. The average Bonchev–Trinajstić information content (AvgIpc) is 2.52. The van der Waals surface area contributed by atoms with Crippen molar-refractivity contribution in [2.24, 2.45) is 0 Å². The molecule has 0 aliphatic carbocycles. The molecule has 0 rings (SSSR count). The van der Waals surface area contributed by atoms with Crippen molar-refractivity contribution in [3.8, 4) is 0 Å². The fraction of sp³-hybridized carbons (Fsp3) is 0.947. The Morgan fingerprint density at radius 1 is 0.591 bits per heavy atom. The molecule has 0 N–H and O–H groups in total. The van der Waals surface area contributed by atoms with E-state index in [4.69, 9.17) is 0 Å². The van der Waals surface area contributed by atoms with Crippen molar-refractivity contribution in [3.63, 3.8) is 0 Å². The molecule has 0 amide bonds. The maximum atomic E-state index is 12.5. The molecule has 0 unspecified atom stereocenters. The first-order valence-corrected chi connectivity index (χ1v) is 12.9. The summed E-state index contributed by atoms with van der Waals surface area (Å²) in [4.78, 5) is 12.5. The van der Waals surface area contributed by atoms with Crippen molar-refractivity contribution in [3.05, 3.63) is 0 Å². The summed E-state index contributed by atoms with van der Waals surface area (Å²) < 4.78 is 0. The van der Waals surface area contributed by atoms with Crippen LogP contribution in [0.1, 0.15) is 79.1 Å². The van der Waals surface area contributed by atoms with Gasteiger partial charge < -0.3 is 0 Å². The number of Topliss-reactive ketones (excluding diaryl/α,β-unsaturated/α-hetero) is 1. The Bertz CT molecular complexity index is 216. The minimum Gasteiger partial charge on any atom is -0.289 e. The van der Waals surface area contributed by atoms with Gasteiger partial charge in [0, 0.05) is 0 Å². The van der Waals surface area contributed by atoms with E-state index >= 15 is 0 Å². The Morgan fingerprint density at radius 3 is 1.09 bits per heavy atom. The molecule has 0 aliphatic heterocycles. The molecule has 22 heavy (non-hydrogen) atoms. The first kappa shape index (κ1) is 22.4. The summed E-state index contributed by atoms with van der Waals surface area (Å²) >= 11 is 0. The van der Waals surface area contributed by atoms with E-state index < -0.39 is 0 Å². The van der Waals surface area contributed by atoms with E-state index in [9.17, 15) is 4.79 Å². The van der Waals surface area contributed by atoms with E-state index in [0.717, 1.165) is 11.5 Å². The Kier molecular flexibility index (Phi) is 16.5. The molecule has 3 heteroatoms. The number of hydrogen-bond acceptors (Lipinski definition) is 1. The lowest BCUT2D eigenvalue weighted by atomic mass is 10.4. The second-order valence-electron chi connectivity index (χ2n) is 6.28. The molecule has 0 saturated carbocycles. The topological polar surface area (TPSA) is 17.1 Å². The van der Waals surface area contributed by atoms with Gasteiger partial charge in [-0.05, 0) is 47.5 Å². The van der Waals surface area contributed by atoms with Gasteiger partial charge in [-0.1, -0.05) is 53.4 Å². The van der Waals surface area contributed by atoms with E-state index in [1.54, 1.807) is 0 Å². The molecule has 0 fully saturated rings. The number of ketones is 1. The second kappa shape index (κ2) is 16.2. The van der Waals surface area contributed by atoms with E-state index in [1.807, 2.05) is 0 Å². The number of hydrogen-bond donors (Lipinski definition) is 0. The van der Waals surface area contributed by atoms with Crippen LogP contribution < -0.4 is 0 Å². The van der Waals surface area contributed by atoms with Gasteiger partial charge in [-0.15, -0.1) is 0 Å². The highest BCUT2D eigenvalue weighted by molar-refractivity contribution is 7.99. The van der Waals surface area contributed by atoms with Crippen molar-refractivity contribution >= 4 is 27.6 Å². The Hall–Kier alpha value is 0.370. The predicted molar refractivity (Wildman–Crippen MR) is 109 cm³/mol. The van der Waals surface area contributed by atoms with Crippen LogP contribution in [-0.2, 0) is 26.6 Å². The summed E-state index contributed by atoms with van der Waals surface area (Å²) in [6.07, 6.45) is 10.3. The van der Waals surface area contributed by atoms with Crippen LogP contribution in [0.25, 0.3) is 0 Å². The third-order valence-electron chi connectivity index (χ3n) is 3.88. The van der Waals surface area contributed by atoms with Crippen LogP contribution in [0.5, 0.6) is 0 Å². The fourth-order valence-corrected chi connectivity index (χ4v) is 7.40. The SMILES string of the molecule is CCCC[S+](CCCC)CC(=O)C[S+](CCCC)CCCC. The summed E-state index contributed by atoms with van der Waals surface area (Å²) in [5.41, 5.74) is 0. The minimum atomic E-state index is 0.373. The van der Waals surface area contributed by atoms with Crippen LogP contribution in [0, 0.1) is 0 Å². The zero-order valence-corrected chi connectivity index (χ0v) is 17.3. The molecule has 0 saturated heterocycles. The summed E-state index contributed by atoms with van der Waals surface area (Å²) in [7, 11) is 0.745. The summed E-state index contributed by atoms with van der Waals surface area (Å²) in [5, 5.41) is 0. The normalized spacial score (nSPS) is 11.5. The average molecular weight is 349 g/mol. The molecular formula is C19H40OS2+2. The zero-order chi connectivity index (χ0) is 16.6. The van der Waals surface area contributed by atoms with Gasteiger partial charge in [0.2, 0.25) is 5.78 Å². The van der Waals surface area contributed by atoms with E-state index in [1.165, 1.54) is 74.4 Å². The van der Waals surface area contributed by atoms with Gasteiger partial charge in [0.15, 0.2) is 11.5 Å². The van der Waals surface area contributed by atoms with Crippen LogP contribution in [0.4, 0.5) is 0 Å². The molecule has 0 heterocycles. The van der Waals surface area contributed by atoms with Crippen LogP contribution in [0.15, 0.2) is 0 Å². The highest BCUT2D eigenvalue weighted by atomic mass is 32.2. The van der Waals surface area contributed by atoms with Crippen molar-refractivity contribution < 1.29 is 4.79 Å². The van der Waals surface area contributed by atoms with Gasteiger partial charge in [0.05, 0.1) is 0 Å². The molecule has 0 bridgehead atoms. The molecule has 0 radical (unpaired) electrons. The number of carbonyl (C=O) groups excluding carboxylic acids is 1. The highest BCUT2D eigenvalue weighted by Crippen LogP contribution is 2.10. The zero-order valence-electron chi connectivity index (χ0n) is 15.6. The molecular weight excluding hydrogens is 308 g/mol. The van der Waals surface area contributed by atoms with Crippen LogP contribution >= 0.6 is 0 Å². The maximum absolute atomic E-state index is 12.5. The Balaban J connectivity index is 4.27. The minimum absolute atomic E-state index is 0.373.